The maximum atomic E-state index is 11.9. The largest absolute Gasteiger partial charge is 0.383 e. The average molecular weight is 184 g/mol. The second-order valence-electron chi connectivity index (χ2n) is 3.24. The minimum absolute atomic E-state index is 0.639. The van der Waals surface area contributed by atoms with Crippen LogP contribution in [0.5, 0.6) is 0 Å². The predicted octanol–water partition coefficient (Wildman–Crippen LogP) is 2.18. The van der Waals surface area contributed by atoms with Crippen molar-refractivity contribution in [2.75, 3.05) is 0 Å². The Morgan fingerprint density at radius 1 is 1.38 bits per heavy atom. The maximum absolute atomic E-state index is 11.9. The SMILES string of the molecule is CC(OF)C(C)(O)c1ccccc1. The van der Waals surface area contributed by atoms with Crippen LogP contribution < -0.4 is 0 Å². The predicted molar refractivity (Wildman–Crippen MR) is 47.7 cm³/mol. The summed E-state index contributed by atoms with van der Waals surface area (Å²) in [4.78, 5) is 3.62. The average Bonchev–Trinajstić information content (AvgIpc) is 2.18. The van der Waals surface area contributed by atoms with Gasteiger partial charge in [0.25, 0.3) is 0 Å². The van der Waals surface area contributed by atoms with Crippen LogP contribution in [0.4, 0.5) is 4.53 Å². The van der Waals surface area contributed by atoms with Gasteiger partial charge in [-0.3, -0.25) is 0 Å². The highest BCUT2D eigenvalue weighted by atomic mass is 19.3. The Bertz CT molecular complexity index is 259. The fraction of sp³-hybridized carbons (Fsp3) is 0.400. The highest BCUT2D eigenvalue weighted by Crippen LogP contribution is 2.26. The van der Waals surface area contributed by atoms with Gasteiger partial charge in [-0.25, -0.2) is 0 Å². The van der Waals surface area contributed by atoms with E-state index in [-0.39, 0.29) is 0 Å². The summed E-state index contributed by atoms with van der Waals surface area (Å²) < 4.78 is 11.9. The van der Waals surface area contributed by atoms with Crippen LogP contribution >= 0.6 is 0 Å². The van der Waals surface area contributed by atoms with Crippen LogP contribution in [0.15, 0.2) is 30.3 Å². The highest BCUT2D eigenvalue weighted by molar-refractivity contribution is 5.22. The van der Waals surface area contributed by atoms with Crippen molar-refractivity contribution in [2.24, 2.45) is 0 Å². The third-order valence-electron chi connectivity index (χ3n) is 2.28. The lowest BCUT2D eigenvalue weighted by molar-refractivity contribution is -0.230. The van der Waals surface area contributed by atoms with Crippen molar-refractivity contribution in [3.63, 3.8) is 0 Å². The Kier molecular flexibility index (Phi) is 3.01. The zero-order valence-electron chi connectivity index (χ0n) is 7.70. The first kappa shape index (κ1) is 10.2. The molecule has 2 nitrogen and oxygen atoms in total. The van der Waals surface area contributed by atoms with Crippen molar-refractivity contribution in [3.05, 3.63) is 35.9 Å². The molecule has 1 N–H and O–H groups in total. The van der Waals surface area contributed by atoms with Gasteiger partial charge >= 0.3 is 0 Å². The quantitative estimate of drug-likeness (QED) is 0.780. The molecule has 1 aromatic carbocycles. The molecule has 0 aliphatic heterocycles. The van der Waals surface area contributed by atoms with Crippen molar-refractivity contribution in [1.82, 2.24) is 0 Å². The van der Waals surface area contributed by atoms with Crippen LogP contribution in [0.1, 0.15) is 19.4 Å². The molecule has 0 amide bonds. The van der Waals surface area contributed by atoms with Gasteiger partial charge in [-0.05, 0) is 23.9 Å². The molecule has 1 rings (SSSR count). The van der Waals surface area contributed by atoms with Gasteiger partial charge in [-0.15, -0.1) is 0 Å². The van der Waals surface area contributed by atoms with Crippen LogP contribution in [0.3, 0.4) is 0 Å². The smallest absolute Gasteiger partial charge is 0.128 e. The normalized spacial score (nSPS) is 17.8. The third kappa shape index (κ3) is 2.05. The van der Waals surface area contributed by atoms with E-state index in [4.69, 9.17) is 0 Å². The Morgan fingerprint density at radius 2 is 1.92 bits per heavy atom. The molecule has 2 unspecified atom stereocenters. The lowest BCUT2D eigenvalue weighted by Crippen LogP contribution is -2.34. The first-order chi connectivity index (χ1) is 6.09. The molecule has 0 spiro atoms. The van der Waals surface area contributed by atoms with Crippen molar-refractivity contribution in [3.8, 4) is 0 Å². The minimum atomic E-state index is -1.30. The molecule has 0 fully saturated rings. The summed E-state index contributed by atoms with van der Waals surface area (Å²) in [7, 11) is 0. The molecule has 0 radical (unpaired) electrons. The number of benzene rings is 1. The van der Waals surface area contributed by atoms with Gasteiger partial charge < -0.3 is 5.11 Å². The summed E-state index contributed by atoms with van der Waals surface area (Å²) in [5, 5.41) is 9.89. The van der Waals surface area contributed by atoms with Crippen LogP contribution in [0.2, 0.25) is 0 Å². The maximum Gasteiger partial charge on any atom is 0.128 e. The van der Waals surface area contributed by atoms with Gasteiger partial charge in [-0.2, -0.15) is 4.94 Å². The summed E-state index contributed by atoms with van der Waals surface area (Å²) >= 11 is 0. The zero-order chi connectivity index (χ0) is 9.90. The molecule has 0 saturated carbocycles. The van der Waals surface area contributed by atoms with E-state index >= 15 is 0 Å². The fourth-order valence-electron chi connectivity index (χ4n) is 1.10. The third-order valence-corrected chi connectivity index (χ3v) is 2.28. The number of hydrogen-bond donors (Lipinski definition) is 1. The van der Waals surface area contributed by atoms with Crippen LogP contribution in [-0.2, 0) is 10.5 Å². The molecule has 2 atom stereocenters. The molecule has 0 aliphatic rings. The molecule has 3 heteroatoms. The van der Waals surface area contributed by atoms with E-state index in [1.54, 1.807) is 24.3 Å². The molecule has 1 aromatic rings. The Morgan fingerprint density at radius 3 is 2.38 bits per heavy atom. The molecule has 72 valence electrons. The van der Waals surface area contributed by atoms with Crippen LogP contribution in [0, 0.1) is 0 Å². The van der Waals surface area contributed by atoms with Crippen molar-refractivity contribution < 1.29 is 14.6 Å². The van der Waals surface area contributed by atoms with E-state index in [0.29, 0.717) is 5.56 Å². The van der Waals surface area contributed by atoms with Crippen molar-refractivity contribution in [1.29, 1.82) is 0 Å². The Labute approximate surface area is 76.9 Å². The lowest BCUT2D eigenvalue weighted by Gasteiger charge is -2.27. The second-order valence-corrected chi connectivity index (χ2v) is 3.24. The standard InChI is InChI=1S/C10H13FO2/c1-8(13-11)10(2,12)9-6-4-3-5-7-9/h3-8,12H,1-2H3. The van der Waals surface area contributed by atoms with Gasteiger partial charge in [0.15, 0.2) is 0 Å². The second kappa shape index (κ2) is 3.85. The molecular weight excluding hydrogens is 171 g/mol. The number of halogens is 1. The monoisotopic (exact) mass is 184 g/mol. The summed E-state index contributed by atoms with van der Waals surface area (Å²) in [6, 6.07) is 8.87. The summed E-state index contributed by atoms with van der Waals surface area (Å²) in [5.41, 5.74) is -0.657. The van der Waals surface area contributed by atoms with Crippen molar-refractivity contribution >= 4 is 0 Å². The summed E-state index contributed by atoms with van der Waals surface area (Å²) in [6.07, 6.45) is -0.880. The molecule has 0 aliphatic carbocycles. The summed E-state index contributed by atoms with van der Waals surface area (Å²) in [5.74, 6) is 0. The minimum Gasteiger partial charge on any atom is -0.383 e. The van der Waals surface area contributed by atoms with E-state index in [0.717, 1.165) is 0 Å². The first-order valence-corrected chi connectivity index (χ1v) is 4.14. The summed E-state index contributed by atoms with van der Waals surface area (Å²) in [6.45, 7) is 3.00. The molecule has 0 saturated heterocycles. The molecular formula is C10H13FO2. The number of aliphatic hydroxyl groups is 1. The fourth-order valence-corrected chi connectivity index (χ4v) is 1.10. The van der Waals surface area contributed by atoms with Gasteiger partial charge in [-0.1, -0.05) is 30.3 Å². The van der Waals surface area contributed by atoms with E-state index in [1.165, 1.54) is 13.8 Å². The number of rotatable bonds is 3. The van der Waals surface area contributed by atoms with E-state index in [2.05, 4.69) is 4.94 Å². The topological polar surface area (TPSA) is 29.5 Å². The Hall–Kier alpha value is -0.930. The van der Waals surface area contributed by atoms with Crippen molar-refractivity contribution in [2.45, 2.75) is 25.6 Å². The number of hydrogen-bond acceptors (Lipinski definition) is 2. The van der Waals surface area contributed by atoms with E-state index in [1.807, 2.05) is 6.07 Å². The molecule has 0 aromatic heterocycles. The molecule has 13 heavy (non-hydrogen) atoms. The van der Waals surface area contributed by atoms with Gasteiger partial charge in [0.2, 0.25) is 0 Å². The van der Waals surface area contributed by atoms with E-state index in [9.17, 15) is 9.63 Å². The molecule has 0 heterocycles. The molecule has 0 bridgehead atoms. The van der Waals surface area contributed by atoms with E-state index < -0.39 is 11.7 Å². The highest BCUT2D eigenvalue weighted by Gasteiger charge is 2.31. The van der Waals surface area contributed by atoms with Gasteiger partial charge in [0.1, 0.15) is 11.7 Å². The van der Waals surface area contributed by atoms with Crippen LogP contribution in [0.25, 0.3) is 0 Å². The van der Waals surface area contributed by atoms with Crippen LogP contribution in [-0.4, -0.2) is 11.2 Å². The zero-order valence-corrected chi connectivity index (χ0v) is 7.70. The Balaban J connectivity index is 2.93. The lowest BCUT2D eigenvalue weighted by atomic mass is 9.91. The van der Waals surface area contributed by atoms with Gasteiger partial charge in [0.05, 0.1) is 0 Å². The van der Waals surface area contributed by atoms with Gasteiger partial charge in [0, 0.05) is 0 Å². The first-order valence-electron chi connectivity index (χ1n) is 4.14.